The summed E-state index contributed by atoms with van der Waals surface area (Å²) in [5.74, 6) is 0.501. The second kappa shape index (κ2) is 4.62. The zero-order valence-electron chi connectivity index (χ0n) is 7.68. The average Bonchev–Trinajstić information content (AvgIpc) is 2.72. The minimum absolute atomic E-state index is 0.501. The lowest BCUT2D eigenvalue weighted by Gasteiger charge is -1.98. The molecule has 1 aliphatic heterocycles. The van der Waals surface area contributed by atoms with Crippen LogP contribution in [0.1, 0.15) is 18.4 Å². The summed E-state index contributed by atoms with van der Waals surface area (Å²) in [5, 5.41) is 7.70. The van der Waals surface area contributed by atoms with Crippen LogP contribution in [0.25, 0.3) is 0 Å². The minimum atomic E-state index is 0.501. The van der Waals surface area contributed by atoms with Gasteiger partial charge in [0.2, 0.25) is 0 Å². The molecular weight excluding hydrogens is 182 g/mol. The molecule has 0 radical (unpaired) electrons. The van der Waals surface area contributed by atoms with E-state index in [2.05, 4.69) is 32.2 Å². The summed E-state index contributed by atoms with van der Waals surface area (Å²) in [5.41, 5.74) is 1.31. The van der Waals surface area contributed by atoms with Crippen molar-refractivity contribution in [1.82, 2.24) is 0 Å². The van der Waals surface area contributed by atoms with Crippen molar-refractivity contribution in [1.29, 1.82) is 0 Å². The van der Waals surface area contributed by atoms with Gasteiger partial charge in [-0.2, -0.15) is 4.99 Å². The predicted molar refractivity (Wildman–Crippen MR) is 50.1 cm³/mol. The maximum absolute atomic E-state index is 4.62. The van der Waals surface area contributed by atoms with Gasteiger partial charge < -0.3 is 0 Å². The molecule has 0 aliphatic carbocycles. The molecule has 14 heavy (non-hydrogen) atoms. The van der Waals surface area contributed by atoms with Crippen molar-refractivity contribution in [2.45, 2.75) is 19.3 Å². The van der Waals surface area contributed by atoms with Crippen molar-refractivity contribution >= 4 is 5.90 Å². The molecule has 4 nitrogen and oxygen atoms in total. The fourth-order valence-electron chi connectivity index (χ4n) is 1.30. The van der Waals surface area contributed by atoms with Gasteiger partial charge in [0.05, 0.1) is 5.04 Å². The molecule has 0 unspecified atom stereocenters. The zero-order chi connectivity index (χ0) is 9.64. The predicted octanol–water partition coefficient (Wildman–Crippen LogP) is 2.22. The van der Waals surface area contributed by atoms with Crippen LogP contribution < -0.4 is 0 Å². The molecule has 0 bridgehead atoms. The largest absolute Gasteiger partial charge is 0.278 e. The number of hydrogen-bond acceptors (Lipinski definition) is 4. The van der Waals surface area contributed by atoms with Crippen LogP contribution in [0, 0.1) is 0 Å². The van der Waals surface area contributed by atoms with Crippen LogP contribution in [0.4, 0.5) is 0 Å². The second-order valence-electron chi connectivity index (χ2n) is 3.05. The first-order chi connectivity index (χ1) is 6.95. The number of rotatable bonds is 4. The van der Waals surface area contributed by atoms with Gasteiger partial charge in [-0.25, -0.2) is 0 Å². The highest BCUT2D eigenvalue weighted by molar-refractivity contribution is 5.75. The van der Waals surface area contributed by atoms with Gasteiger partial charge in [0, 0.05) is 6.42 Å². The van der Waals surface area contributed by atoms with Crippen molar-refractivity contribution in [2.75, 3.05) is 0 Å². The third-order valence-corrected chi connectivity index (χ3v) is 2.00. The molecule has 0 spiro atoms. The quantitative estimate of drug-likeness (QED) is 0.688. The lowest BCUT2D eigenvalue weighted by atomic mass is 10.1. The highest BCUT2D eigenvalue weighted by Gasteiger charge is 2.10. The van der Waals surface area contributed by atoms with E-state index in [1.807, 2.05) is 18.2 Å². The molecule has 0 fully saturated rings. The molecule has 2 rings (SSSR count). The molecule has 0 N–H and O–H groups in total. The van der Waals surface area contributed by atoms with E-state index in [1.165, 1.54) is 5.56 Å². The van der Waals surface area contributed by atoms with E-state index in [0.29, 0.717) is 5.90 Å². The Morgan fingerprint density at radius 2 is 1.93 bits per heavy atom. The number of oxime groups is 1. The van der Waals surface area contributed by atoms with Crippen LogP contribution in [0.5, 0.6) is 0 Å². The lowest BCUT2D eigenvalue weighted by Crippen LogP contribution is -1.98. The highest BCUT2D eigenvalue weighted by atomic mass is 17.6. The van der Waals surface area contributed by atoms with E-state index in [-0.39, 0.29) is 0 Å². The van der Waals surface area contributed by atoms with E-state index in [1.54, 1.807) is 0 Å². The van der Waals surface area contributed by atoms with Crippen LogP contribution >= 0.6 is 0 Å². The van der Waals surface area contributed by atoms with Gasteiger partial charge in [-0.3, -0.25) is 4.89 Å². The Morgan fingerprint density at radius 3 is 2.64 bits per heavy atom. The van der Waals surface area contributed by atoms with Crippen LogP contribution in [-0.2, 0) is 21.3 Å². The topological polar surface area (TPSA) is 40.0 Å². The van der Waals surface area contributed by atoms with Gasteiger partial charge in [-0.15, -0.1) is 0 Å². The van der Waals surface area contributed by atoms with Crippen molar-refractivity contribution in [2.24, 2.45) is 5.16 Å². The molecule has 0 amide bonds. The molecule has 74 valence electrons. The third-order valence-electron chi connectivity index (χ3n) is 2.00. The normalized spacial score (nSPS) is 14.4. The first kappa shape index (κ1) is 9.02. The van der Waals surface area contributed by atoms with Gasteiger partial charge >= 0.3 is 0 Å². The molecule has 0 saturated heterocycles. The molecule has 4 heteroatoms. The molecule has 1 heterocycles. The van der Waals surface area contributed by atoms with Crippen molar-refractivity contribution in [3.05, 3.63) is 35.9 Å². The Kier molecular flexibility index (Phi) is 2.98. The second-order valence-corrected chi connectivity index (χ2v) is 3.05. The standard InChI is InChI=1S/C10H11NO3/c1-2-5-9(6-3-1)7-4-8-10-11-13-14-12-10/h1-3,5-6H,4,7-8H2. The van der Waals surface area contributed by atoms with Gasteiger partial charge in [-0.1, -0.05) is 30.3 Å². The van der Waals surface area contributed by atoms with Gasteiger partial charge in [-0.05, 0) is 23.6 Å². The van der Waals surface area contributed by atoms with Crippen molar-refractivity contribution in [3.8, 4) is 0 Å². The smallest absolute Gasteiger partial charge is 0.276 e. The Bertz CT molecular complexity index is 310. The van der Waals surface area contributed by atoms with Crippen LogP contribution in [0.3, 0.4) is 0 Å². The van der Waals surface area contributed by atoms with E-state index in [9.17, 15) is 0 Å². The van der Waals surface area contributed by atoms with Crippen LogP contribution in [-0.4, -0.2) is 5.90 Å². The van der Waals surface area contributed by atoms with E-state index in [0.717, 1.165) is 19.3 Å². The summed E-state index contributed by atoms with van der Waals surface area (Å²) in [6.45, 7) is 0. The maximum atomic E-state index is 4.62. The SMILES string of the molecule is c1ccc(CCCC2=NOOO2)cc1. The van der Waals surface area contributed by atoms with Crippen LogP contribution in [0.2, 0.25) is 0 Å². The Balaban J connectivity index is 1.73. The summed E-state index contributed by atoms with van der Waals surface area (Å²) >= 11 is 0. The van der Waals surface area contributed by atoms with E-state index >= 15 is 0 Å². The molecule has 1 aliphatic rings. The van der Waals surface area contributed by atoms with Crippen molar-refractivity contribution in [3.63, 3.8) is 0 Å². The van der Waals surface area contributed by atoms with E-state index in [4.69, 9.17) is 0 Å². The van der Waals surface area contributed by atoms with E-state index < -0.39 is 0 Å². The third kappa shape index (κ3) is 2.47. The monoisotopic (exact) mass is 193 g/mol. The van der Waals surface area contributed by atoms with Crippen molar-refractivity contribution < 1.29 is 14.9 Å². The molecular formula is C10H11NO3. The van der Waals surface area contributed by atoms with Gasteiger partial charge in [0.1, 0.15) is 0 Å². The summed E-state index contributed by atoms with van der Waals surface area (Å²) < 4.78 is 0. The Morgan fingerprint density at radius 1 is 1.07 bits per heavy atom. The van der Waals surface area contributed by atoms with Gasteiger partial charge in [0.25, 0.3) is 5.90 Å². The number of aryl methyl sites for hydroxylation is 1. The fourth-order valence-corrected chi connectivity index (χ4v) is 1.30. The minimum Gasteiger partial charge on any atom is -0.278 e. The van der Waals surface area contributed by atoms with Crippen LogP contribution in [0.15, 0.2) is 35.5 Å². The number of nitrogens with zero attached hydrogens (tertiary/aromatic N) is 1. The summed E-state index contributed by atoms with van der Waals surface area (Å²) in [6.07, 6.45) is 2.70. The first-order valence-corrected chi connectivity index (χ1v) is 4.56. The molecule has 1 aromatic carbocycles. The lowest BCUT2D eigenvalue weighted by molar-refractivity contribution is -0.452. The molecule has 0 aromatic heterocycles. The average molecular weight is 193 g/mol. The molecule has 1 aromatic rings. The fraction of sp³-hybridized carbons (Fsp3) is 0.300. The summed E-state index contributed by atoms with van der Waals surface area (Å²) in [7, 11) is 0. The number of benzene rings is 1. The molecule has 0 saturated carbocycles. The Labute approximate surface area is 81.9 Å². The maximum Gasteiger partial charge on any atom is 0.276 e. The Hall–Kier alpha value is -1.55. The zero-order valence-corrected chi connectivity index (χ0v) is 7.68. The molecule has 0 atom stereocenters. The first-order valence-electron chi connectivity index (χ1n) is 4.56. The number of hydrogen-bond donors (Lipinski definition) is 0. The highest BCUT2D eigenvalue weighted by Crippen LogP contribution is 2.08. The van der Waals surface area contributed by atoms with Gasteiger partial charge in [0.15, 0.2) is 0 Å². The summed E-state index contributed by atoms with van der Waals surface area (Å²) in [4.78, 5) is 8.84. The summed E-state index contributed by atoms with van der Waals surface area (Å²) in [6, 6.07) is 10.3.